The van der Waals surface area contributed by atoms with Crippen LogP contribution in [-0.2, 0) is 12.7 Å². The van der Waals surface area contributed by atoms with E-state index in [9.17, 15) is 22.0 Å². The standard InChI is InChI=1S/C21H22F5N7/c22-17(23)11-33-19-15(9-29-33)27-10-18(31-19)30-13-3-4-20(7-13)5-6-32(12-20)14-1-2-16(28-8-14)21(24,25)26/h1-2,8-10,13,17H,3-7,11-12H2,(H,30,31). The summed E-state index contributed by atoms with van der Waals surface area (Å²) in [5.41, 5.74) is 0.642. The molecule has 1 spiro atoms. The van der Waals surface area contributed by atoms with E-state index in [1.165, 1.54) is 18.5 Å². The Morgan fingerprint density at radius 3 is 2.70 bits per heavy atom. The second kappa shape index (κ2) is 8.07. The highest BCUT2D eigenvalue weighted by Gasteiger charge is 2.44. The smallest absolute Gasteiger partial charge is 0.370 e. The Bertz CT molecular complexity index is 1130. The molecule has 1 aliphatic heterocycles. The highest BCUT2D eigenvalue weighted by atomic mass is 19.4. The number of hydrogen-bond acceptors (Lipinski definition) is 6. The number of aromatic nitrogens is 5. The molecular formula is C21H22F5N7. The van der Waals surface area contributed by atoms with Crippen LogP contribution in [0.5, 0.6) is 0 Å². The maximum atomic E-state index is 12.8. The second-order valence-electron chi connectivity index (χ2n) is 8.84. The summed E-state index contributed by atoms with van der Waals surface area (Å²) in [6.07, 6.45) is 1.03. The van der Waals surface area contributed by atoms with Crippen molar-refractivity contribution < 1.29 is 22.0 Å². The van der Waals surface area contributed by atoms with E-state index < -0.39 is 24.8 Å². The van der Waals surface area contributed by atoms with Crippen LogP contribution in [0, 0.1) is 5.41 Å². The molecule has 4 heterocycles. The van der Waals surface area contributed by atoms with Crippen molar-refractivity contribution in [2.75, 3.05) is 23.3 Å². The Labute approximate surface area is 186 Å². The molecule has 2 aliphatic rings. The summed E-state index contributed by atoms with van der Waals surface area (Å²) in [6, 6.07) is 2.65. The van der Waals surface area contributed by atoms with Crippen molar-refractivity contribution in [1.82, 2.24) is 24.7 Å². The van der Waals surface area contributed by atoms with E-state index >= 15 is 0 Å². The lowest BCUT2D eigenvalue weighted by molar-refractivity contribution is -0.141. The Kier molecular flexibility index (Phi) is 5.32. The molecule has 12 heteroatoms. The minimum atomic E-state index is -4.45. The van der Waals surface area contributed by atoms with E-state index in [1.54, 1.807) is 6.20 Å². The molecule has 3 aromatic heterocycles. The summed E-state index contributed by atoms with van der Waals surface area (Å²) in [6.45, 7) is 0.977. The molecule has 0 radical (unpaired) electrons. The van der Waals surface area contributed by atoms with Crippen LogP contribution in [0.3, 0.4) is 0 Å². The highest BCUT2D eigenvalue weighted by Crippen LogP contribution is 2.47. The number of halogens is 5. The van der Waals surface area contributed by atoms with E-state index in [-0.39, 0.29) is 11.5 Å². The topological polar surface area (TPSA) is 71.8 Å². The fraction of sp³-hybridized carbons (Fsp3) is 0.524. The predicted octanol–water partition coefficient (Wildman–Crippen LogP) is 4.37. The summed E-state index contributed by atoms with van der Waals surface area (Å²) in [4.78, 5) is 14.4. The van der Waals surface area contributed by atoms with Gasteiger partial charge in [-0.2, -0.15) is 18.3 Å². The lowest BCUT2D eigenvalue weighted by Gasteiger charge is -2.25. The molecule has 0 bridgehead atoms. The van der Waals surface area contributed by atoms with Crippen LogP contribution in [0.25, 0.3) is 11.2 Å². The van der Waals surface area contributed by atoms with Crippen molar-refractivity contribution in [3.05, 3.63) is 36.4 Å². The summed E-state index contributed by atoms with van der Waals surface area (Å²) in [7, 11) is 0. The Morgan fingerprint density at radius 2 is 1.97 bits per heavy atom. The van der Waals surface area contributed by atoms with Gasteiger partial charge in [-0.3, -0.25) is 0 Å². The van der Waals surface area contributed by atoms with Gasteiger partial charge < -0.3 is 10.2 Å². The van der Waals surface area contributed by atoms with Gasteiger partial charge in [-0.05, 0) is 43.2 Å². The van der Waals surface area contributed by atoms with E-state index in [2.05, 4.69) is 30.3 Å². The predicted molar refractivity (Wildman–Crippen MR) is 111 cm³/mol. The Hall–Kier alpha value is -3.05. The van der Waals surface area contributed by atoms with Gasteiger partial charge in [0.1, 0.15) is 23.6 Å². The van der Waals surface area contributed by atoms with Crippen molar-refractivity contribution in [2.45, 2.75) is 50.9 Å². The fourth-order valence-corrected chi connectivity index (χ4v) is 4.99. The van der Waals surface area contributed by atoms with Gasteiger partial charge >= 0.3 is 6.18 Å². The average molecular weight is 467 g/mol. The van der Waals surface area contributed by atoms with Crippen molar-refractivity contribution in [3.63, 3.8) is 0 Å². The van der Waals surface area contributed by atoms with Crippen LogP contribution in [0.1, 0.15) is 31.4 Å². The van der Waals surface area contributed by atoms with Crippen LogP contribution < -0.4 is 10.2 Å². The van der Waals surface area contributed by atoms with Crippen molar-refractivity contribution in [2.24, 2.45) is 5.41 Å². The minimum Gasteiger partial charge on any atom is -0.370 e. The first-order valence-electron chi connectivity index (χ1n) is 10.7. The molecule has 1 N–H and O–H groups in total. The molecule has 2 atom stereocenters. The fourth-order valence-electron chi connectivity index (χ4n) is 4.99. The first kappa shape index (κ1) is 21.8. The van der Waals surface area contributed by atoms with Gasteiger partial charge in [0.15, 0.2) is 5.65 Å². The monoisotopic (exact) mass is 467 g/mol. The number of alkyl halides is 5. The van der Waals surface area contributed by atoms with E-state index in [0.29, 0.717) is 22.7 Å². The first-order chi connectivity index (χ1) is 15.7. The molecule has 1 saturated heterocycles. The summed E-state index contributed by atoms with van der Waals surface area (Å²) < 4.78 is 65.0. The molecule has 0 amide bonds. The number of hydrogen-bond donors (Lipinski definition) is 1. The number of pyridine rings is 1. The van der Waals surface area contributed by atoms with E-state index in [0.717, 1.165) is 49.5 Å². The van der Waals surface area contributed by atoms with Crippen LogP contribution in [0.15, 0.2) is 30.7 Å². The van der Waals surface area contributed by atoms with Crippen LogP contribution in [-0.4, -0.2) is 50.3 Å². The van der Waals surface area contributed by atoms with Gasteiger partial charge in [-0.25, -0.2) is 28.4 Å². The number of fused-ring (bicyclic) bond motifs is 1. The highest BCUT2D eigenvalue weighted by molar-refractivity contribution is 5.71. The largest absolute Gasteiger partial charge is 0.433 e. The third kappa shape index (κ3) is 4.42. The summed E-state index contributed by atoms with van der Waals surface area (Å²) in [5.74, 6) is 0.516. The summed E-state index contributed by atoms with van der Waals surface area (Å²) in [5, 5.41) is 7.31. The van der Waals surface area contributed by atoms with Crippen LogP contribution >= 0.6 is 0 Å². The number of nitrogens with zero attached hydrogens (tertiary/aromatic N) is 6. The van der Waals surface area contributed by atoms with Gasteiger partial charge in [0.25, 0.3) is 6.43 Å². The van der Waals surface area contributed by atoms with Gasteiger partial charge in [-0.1, -0.05) is 0 Å². The summed E-state index contributed by atoms with van der Waals surface area (Å²) >= 11 is 0. The molecule has 1 aliphatic carbocycles. The van der Waals surface area contributed by atoms with E-state index in [1.807, 2.05) is 0 Å². The number of rotatable bonds is 5. The number of anilines is 2. The number of nitrogens with one attached hydrogen (secondary N) is 1. The Balaban J connectivity index is 1.24. The lowest BCUT2D eigenvalue weighted by Crippen LogP contribution is -2.27. The maximum absolute atomic E-state index is 12.8. The molecular weight excluding hydrogens is 445 g/mol. The molecule has 2 unspecified atom stereocenters. The molecule has 5 rings (SSSR count). The zero-order valence-electron chi connectivity index (χ0n) is 17.6. The maximum Gasteiger partial charge on any atom is 0.433 e. The lowest BCUT2D eigenvalue weighted by atomic mass is 9.85. The SMILES string of the molecule is FC(F)Cn1ncc2ncc(NC3CCC4(CCN(c5ccc(C(F)(F)F)nc5)C4)C3)nc21. The first-order valence-corrected chi connectivity index (χ1v) is 10.7. The van der Waals surface area contributed by atoms with Gasteiger partial charge in [0, 0.05) is 19.1 Å². The molecule has 0 aromatic carbocycles. The van der Waals surface area contributed by atoms with Gasteiger partial charge in [0.05, 0.1) is 24.3 Å². The minimum absolute atomic E-state index is 0.0648. The van der Waals surface area contributed by atoms with E-state index in [4.69, 9.17) is 0 Å². The van der Waals surface area contributed by atoms with Gasteiger partial charge in [0.2, 0.25) is 0 Å². The third-order valence-corrected chi connectivity index (χ3v) is 6.55. The van der Waals surface area contributed by atoms with Crippen LogP contribution in [0.2, 0.25) is 0 Å². The van der Waals surface area contributed by atoms with Crippen molar-refractivity contribution >= 4 is 22.7 Å². The zero-order chi connectivity index (χ0) is 23.2. The molecule has 1 saturated carbocycles. The molecule has 2 fully saturated rings. The molecule has 33 heavy (non-hydrogen) atoms. The zero-order valence-corrected chi connectivity index (χ0v) is 17.6. The van der Waals surface area contributed by atoms with Crippen molar-refractivity contribution in [1.29, 1.82) is 0 Å². The van der Waals surface area contributed by atoms with Gasteiger partial charge in [-0.15, -0.1) is 0 Å². The Morgan fingerprint density at radius 1 is 1.12 bits per heavy atom. The molecule has 3 aromatic rings. The molecule has 176 valence electrons. The molecule has 7 nitrogen and oxygen atoms in total. The van der Waals surface area contributed by atoms with Crippen LogP contribution in [0.4, 0.5) is 33.5 Å². The average Bonchev–Trinajstić information content (AvgIpc) is 3.47. The normalized spacial score (nSPS) is 23.3. The third-order valence-electron chi connectivity index (χ3n) is 6.55. The second-order valence-corrected chi connectivity index (χ2v) is 8.84. The van der Waals surface area contributed by atoms with Crippen molar-refractivity contribution in [3.8, 4) is 0 Å². The quantitative estimate of drug-likeness (QED) is 0.562.